The third kappa shape index (κ3) is 4.72. The van der Waals surface area contributed by atoms with Crippen LogP contribution in [0.3, 0.4) is 0 Å². The normalized spacial score (nSPS) is 17.1. The van der Waals surface area contributed by atoms with Crippen LogP contribution < -0.4 is 9.47 Å². The highest BCUT2D eigenvalue weighted by atomic mass is 32.1. The van der Waals surface area contributed by atoms with Gasteiger partial charge < -0.3 is 9.47 Å². The van der Waals surface area contributed by atoms with Gasteiger partial charge in [-0.25, -0.2) is 4.98 Å². The lowest BCUT2D eigenvalue weighted by Crippen LogP contribution is -2.19. The zero-order valence-corrected chi connectivity index (χ0v) is 17.2. The van der Waals surface area contributed by atoms with E-state index in [0.717, 1.165) is 54.7 Å². The number of nitrogens with one attached hydrogen (secondary N) is 1. The van der Waals surface area contributed by atoms with E-state index in [-0.39, 0.29) is 0 Å². The number of H-pyrrole nitrogens is 1. The predicted octanol–water partition coefficient (Wildman–Crippen LogP) is 3.79. The highest BCUT2D eigenvalue weighted by Crippen LogP contribution is 2.28. The van der Waals surface area contributed by atoms with Crippen molar-refractivity contribution in [3.8, 4) is 11.5 Å². The van der Waals surface area contributed by atoms with Gasteiger partial charge in [-0.15, -0.1) is 11.3 Å². The molecular weight excluding hydrogens is 372 g/mol. The molecule has 0 spiro atoms. The van der Waals surface area contributed by atoms with Gasteiger partial charge in [0.15, 0.2) is 0 Å². The lowest BCUT2D eigenvalue weighted by Gasteiger charge is -2.13. The molecule has 4 rings (SSSR count). The molecule has 148 valence electrons. The van der Waals surface area contributed by atoms with Crippen molar-refractivity contribution in [2.24, 2.45) is 0 Å². The lowest BCUT2D eigenvalue weighted by atomic mass is 10.0. The van der Waals surface area contributed by atoms with Gasteiger partial charge in [-0.1, -0.05) is 0 Å². The van der Waals surface area contributed by atoms with Crippen molar-refractivity contribution in [1.29, 1.82) is 0 Å². The average molecular weight is 399 g/mol. The second kappa shape index (κ2) is 8.75. The van der Waals surface area contributed by atoms with E-state index in [1.54, 1.807) is 18.4 Å². The highest BCUT2D eigenvalue weighted by Gasteiger charge is 2.26. The van der Waals surface area contributed by atoms with E-state index in [1.807, 2.05) is 30.5 Å². The van der Waals surface area contributed by atoms with Crippen LogP contribution in [0.1, 0.15) is 33.6 Å². The molecule has 1 N–H and O–H groups in total. The molecule has 1 aliphatic heterocycles. The number of likely N-dealkylation sites (tertiary alicyclic amines) is 1. The van der Waals surface area contributed by atoms with Crippen LogP contribution in [0.25, 0.3) is 0 Å². The Balaban J connectivity index is 1.24. The van der Waals surface area contributed by atoms with Gasteiger partial charge in [0.2, 0.25) is 0 Å². The Hall–Kier alpha value is -2.38. The summed E-state index contributed by atoms with van der Waals surface area (Å²) in [5, 5.41) is 8.88. The van der Waals surface area contributed by atoms with E-state index >= 15 is 0 Å². The SMILES string of the molecule is COc1ccc(OCCc2cc([C@@H]3CCN(Cc4cnc(C)s4)C3)n[nH]2)cc1. The summed E-state index contributed by atoms with van der Waals surface area (Å²) in [5.41, 5.74) is 2.29. The summed E-state index contributed by atoms with van der Waals surface area (Å²) < 4.78 is 11.0. The van der Waals surface area contributed by atoms with Crippen molar-refractivity contribution < 1.29 is 9.47 Å². The van der Waals surface area contributed by atoms with E-state index in [1.165, 1.54) is 10.6 Å². The molecule has 0 bridgehead atoms. The molecule has 1 atom stereocenters. The molecule has 1 aromatic carbocycles. The molecule has 7 heteroatoms. The summed E-state index contributed by atoms with van der Waals surface area (Å²) in [7, 11) is 1.66. The van der Waals surface area contributed by atoms with E-state index < -0.39 is 0 Å². The zero-order chi connectivity index (χ0) is 19.3. The van der Waals surface area contributed by atoms with Gasteiger partial charge in [0.05, 0.1) is 24.4 Å². The van der Waals surface area contributed by atoms with Gasteiger partial charge in [-0.3, -0.25) is 10.00 Å². The quantitative estimate of drug-likeness (QED) is 0.625. The number of rotatable bonds is 8. The summed E-state index contributed by atoms with van der Waals surface area (Å²) in [4.78, 5) is 8.20. The second-order valence-corrected chi connectivity index (χ2v) is 8.48. The third-order valence-corrected chi connectivity index (χ3v) is 5.99. The number of ether oxygens (including phenoxy) is 2. The lowest BCUT2D eigenvalue weighted by molar-refractivity contribution is 0.319. The van der Waals surface area contributed by atoms with Gasteiger partial charge in [-0.05, 0) is 50.2 Å². The number of hydrogen-bond acceptors (Lipinski definition) is 6. The molecule has 0 amide bonds. The zero-order valence-electron chi connectivity index (χ0n) is 16.4. The van der Waals surface area contributed by atoms with Crippen molar-refractivity contribution in [2.45, 2.75) is 32.2 Å². The molecule has 1 fully saturated rings. The first-order chi connectivity index (χ1) is 13.7. The molecule has 3 heterocycles. The van der Waals surface area contributed by atoms with Crippen LogP contribution in [-0.4, -0.2) is 46.9 Å². The number of hydrogen-bond donors (Lipinski definition) is 1. The standard InChI is InChI=1S/C21H26N4O2S/c1-15-22-12-20(28-15)14-25-9-7-16(13-25)21-11-17(23-24-21)8-10-27-19-5-3-18(26-2)4-6-19/h3-6,11-12,16H,7-10,13-14H2,1-2H3,(H,23,24)/t16-/m1/s1. The number of nitrogens with zero attached hydrogens (tertiary/aromatic N) is 3. The minimum atomic E-state index is 0.501. The summed E-state index contributed by atoms with van der Waals surface area (Å²) in [5.74, 6) is 2.19. The van der Waals surface area contributed by atoms with Crippen LogP contribution in [0.5, 0.6) is 11.5 Å². The molecule has 0 unspecified atom stereocenters. The number of thiazole rings is 1. The molecule has 3 aromatic rings. The fourth-order valence-electron chi connectivity index (χ4n) is 3.58. The maximum atomic E-state index is 5.81. The van der Waals surface area contributed by atoms with Crippen LogP contribution in [0.2, 0.25) is 0 Å². The van der Waals surface area contributed by atoms with Crippen LogP contribution in [0.4, 0.5) is 0 Å². The van der Waals surface area contributed by atoms with Crippen molar-refractivity contribution >= 4 is 11.3 Å². The highest BCUT2D eigenvalue weighted by molar-refractivity contribution is 7.11. The maximum absolute atomic E-state index is 5.81. The monoisotopic (exact) mass is 398 g/mol. The van der Waals surface area contributed by atoms with Gasteiger partial charge in [-0.2, -0.15) is 5.10 Å². The van der Waals surface area contributed by atoms with E-state index in [4.69, 9.17) is 9.47 Å². The van der Waals surface area contributed by atoms with Crippen molar-refractivity contribution in [2.75, 3.05) is 26.8 Å². The average Bonchev–Trinajstić information content (AvgIpc) is 3.44. The Labute approximate surface area is 169 Å². The van der Waals surface area contributed by atoms with Crippen LogP contribution in [0.15, 0.2) is 36.5 Å². The number of aryl methyl sites for hydroxylation is 1. The minimum absolute atomic E-state index is 0.501. The predicted molar refractivity (Wildman–Crippen MR) is 110 cm³/mol. The van der Waals surface area contributed by atoms with Gasteiger partial charge in [0.1, 0.15) is 11.5 Å². The first-order valence-corrected chi connectivity index (χ1v) is 10.5. The summed E-state index contributed by atoms with van der Waals surface area (Å²) in [6.45, 7) is 5.85. The second-order valence-electron chi connectivity index (χ2n) is 7.16. The first-order valence-electron chi connectivity index (χ1n) is 9.64. The summed E-state index contributed by atoms with van der Waals surface area (Å²) in [6, 6.07) is 9.86. The van der Waals surface area contributed by atoms with E-state index in [2.05, 4.69) is 33.1 Å². The Morgan fingerprint density at radius 2 is 2.07 bits per heavy atom. The smallest absolute Gasteiger partial charge is 0.119 e. The van der Waals surface area contributed by atoms with Crippen LogP contribution in [0, 0.1) is 6.92 Å². The molecule has 1 aliphatic rings. The van der Waals surface area contributed by atoms with E-state index in [0.29, 0.717) is 12.5 Å². The molecule has 28 heavy (non-hydrogen) atoms. The maximum Gasteiger partial charge on any atom is 0.119 e. The minimum Gasteiger partial charge on any atom is -0.497 e. The van der Waals surface area contributed by atoms with Crippen LogP contribution in [-0.2, 0) is 13.0 Å². The molecular formula is C21H26N4O2S. The Morgan fingerprint density at radius 1 is 1.25 bits per heavy atom. The fraction of sp³-hybridized carbons (Fsp3) is 0.429. The third-order valence-electron chi connectivity index (χ3n) is 5.09. The molecule has 0 aliphatic carbocycles. The molecule has 6 nitrogen and oxygen atoms in total. The van der Waals surface area contributed by atoms with Crippen molar-refractivity contribution in [1.82, 2.24) is 20.1 Å². The fourth-order valence-corrected chi connectivity index (χ4v) is 4.42. The number of methoxy groups -OCH3 is 1. The number of benzene rings is 1. The van der Waals surface area contributed by atoms with Gasteiger partial charge in [0, 0.05) is 42.2 Å². The van der Waals surface area contributed by atoms with Gasteiger partial charge in [0.25, 0.3) is 0 Å². The molecule has 2 aromatic heterocycles. The number of aromatic amines is 1. The van der Waals surface area contributed by atoms with Gasteiger partial charge >= 0.3 is 0 Å². The van der Waals surface area contributed by atoms with Crippen molar-refractivity contribution in [3.63, 3.8) is 0 Å². The molecule has 0 saturated carbocycles. The Kier molecular flexibility index (Phi) is 5.92. The summed E-state index contributed by atoms with van der Waals surface area (Å²) >= 11 is 1.79. The topological polar surface area (TPSA) is 63.3 Å². The number of aromatic nitrogens is 3. The van der Waals surface area contributed by atoms with Crippen LogP contribution >= 0.6 is 11.3 Å². The van der Waals surface area contributed by atoms with E-state index in [9.17, 15) is 0 Å². The molecule has 1 saturated heterocycles. The first kappa shape index (κ1) is 19.0. The largest absolute Gasteiger partial charge is 0.497 e. The van der Waals surface area contributed by atoms with Crippen molar-refractivity contribution in [3.05, 3.63) is 57.8 Å². The molecule has 0 radical (unpaired) electrons. The Bertz CT molecular complexity index is 890. The summed E-state index contributed by atoms with van der Waals surface area (Å²) in [6.07, 6.45) is 3.98. The Morgan fingerprint density at radius 3 is 2.82 bits per heavy atom.